The van der Waals surface area contributed by atoms with Crippen LogP contribution in [0.2, 0.25) is 0 Å². The van der Waals surface area contributed by atoms with E-state index in [2.05, 4.69) is 17.1 Å². The highest BCUT2D eigenvalue weighted by Gasteiger charge is 2.24. The Labute approximate surface area is 92.2 Å². The minimum Gasteiger partial charge on any atom is -0.352 e. The molecule has 0 aromatic carbocycles. The summed E-state index contributed by atoms with van der Waals surface area (Å²) in [5.41, 5.74) is 5.54. The molecule has 1 unspecified atom stereocenters. The lowest BCUT2D eigenvalue weighted by molar-refractivity contribution is -0.122. The van der Waals surface area contributed by atoms with Crippen LogP contribution in [0.4, 0.5) is 0 Å². The van der Waals surface area contributed by atoms with Crippen LogP contribution in [0.25, 0.3) is 0 Å². The Bertz CT molecular complexity index is 204. The molecule has 15 heavy (non-hydrogen) atoms. The summed E-state index contributed by atoms with van der Waals surface area (Å²) in [6.07, 6.45) is 4.30. The Kier molecular flexibility index (Phi) is 5.05. The smallest absolute Gasteiger partial charge is 0.234 e. The third-order valence-corrected chi connectivity index (χ3v) is 2.93. The first-order chi connectivity index (χ1) is 7.17. The van der Waals surface area contributed by atoms with E-state index in [1.54, 1.807) is 0 Å². The van der Waals surface area contributed by atoms with Gasteiger partial charge in [-0.3, -0.25) is 9.69 Å². The maximum atomic E-state index is 11.5. The first-order valence-corrected chi connectivity index (χ1v) is 5.87. The van der Waals surface area contributed by atoms with E-state index in [0.29, 0.717) is 25.2 Å². The number of nitrogens with zero attached hydrogens (tertiary/aromatic N) is 1. The molecule has 1 aliphatic rings. The van der Waals surface area contributed by atoms with Crippen molar-refractivity contribution in [2.45, 2.75) is 44.7 Å². The average molecular weight is 213 g/mol. The Morgan fingerprint density at radius 2 is 2.27 bits per heavy atom. The van der Waals surface area contributed by atoms with Crippen molar-refractivity contribution in [3.8, 4) is 0 Å². The topological polar surface area (TPSA) is 58.4 Å². The molecule has 4 heteroatoms. The molecule has 0 spiro atoms. The molecule has 1 rings (SSSR count). The fourth-order valence-electron chi connectivity index (χ4n) is 1.79. The molecule has 1 amide bonds. The van der Waals surface area contributed by atoms with Gasteiger partial charge in [-0.05, 0) is 39.3 Å². The van der Waals surface area contributed by atoms with Gasteiger partial charge in [0.2, 0.25) is 5.91 Å². The van der Waals surface area contributed by atoms with Crippen molar-refractivity contribution in [2.75, 3.05) is 20.1 Å². The first kappa shape index (κ1) is 12.5. The van der Waals surface area contributed by atoms with Crippen molar-refractivity contribution in [1.82, 2.24) is 10.2 Å². The van der Waals surface area contributed by atoms with Crippen molar-refractivity contribution in [3.05, 3.63) is 0 Å². The number of carbonyl (C=O) groups excluding carboxylic acids is 1. The van der Waals surface area contributed by atoms with Gasteiger partial charge in [-0.2, -0.15) is 0 Å². The number of amides is 1. The van der Waals surface area contributed by atoms with Crippen LogP contribution in [0.1, 0.15) is 32.6 Å². The summed E-state index contributed by atoms with van der Waals surface area (Å²) in [5.74, 6) is 0.149. The van der Waals surface area contributed by atoms with Crippen LogP contribution >= 0.6 is 0 Å². The molecule has 0 bridgehead atoms. The molecular formula is C11H23N3O. The molecule has 1 aliphatic carbocycles. The highest BCUT2D eigenvalue weighted by molar-refractivity contribution is 5.78. The van der Waals surface area contributed by atoms with E-state index in [0.717, 1.165) is 25.7 Å². The molecule has 3 N–H and O–H groups in total. The fourth-order valence-corrected chi connectivity index (χ4v) is 1.79. The zero-order chi connectivity index (χ0) is 11.3. The molecule has 0 aromatic rings. The lowest BCUT2D eigenvalue weighted by Gasteiger charge is -2.26. The van der Waals surface area contributed by atoms with Gasteiger partial charge in [0.05, 0.1) is 6.54 Å². The SMILES string of the molecule is CCC(CCN)N(C)CC(=O)NC1CC1. The molecule has 0 aliphatic heterocycles. The van der Waals surface area contributed by atoms with Crippen molar-refractivity contribution >= 4 is 5.91 Å². The van der Waals surface area contributed by atoms with Crippen molar-refractivity contribution < 1.29 is 4.79 Å². The molecular weight excluding hydrogens is 190 g/mol. The van der Waals surface area contributed by atoms with E-state index in [1.807, 2.05) is 7.05 Å². The summed E-state index contributed by atoms with van der Waals surface area (Å²) in [5, 5.41) is 2.99. The number of hydrogen-bond acceptors (Lipinski definition) is 3. The van der Waals surface area contributed by atoms with Gasteiger partial charge in [0.1, 0.15) is 0 Å². The summed E-state index contributed by atoms with van der Waals surface area (Å²) >= 11 is 0. The number of rotatable bonds is 7. The number of carbonyl (C=O) groups is 1. The third kappa shape index (κ3) is 4.62. The Morgan fingerprint density at radius 1 is 1.60 bits per heavy atom. The quantitative estimate of drug-likeness (QED) is 0.640. The van der Waals surface area contributed by atoms with Crippen molar-refractivity contribution in [1.29, 1.82) is 0 Å². The Balaban J connectivity index is 2.24. The molecule has 0 aromatic heterocycles. The minimum absolute atomic E-state index is 0.149. The molecule has 0 radical (unpaired) electrons. The van der Waals surface area contributed by atoms with Crippen molar-refractivity contribution in [2.24, 2.45) is 5.73 Å². The zero-order valence-electron chi connectivity index (χ0n) is 9.83. The standard InChI is InChI=1S/C11H23N3O/c1-3-10(6-7-12)14(2)8-11(15)13-9-4-5-9/h9-10H,3-8,12H2,1-2H3,(H,13,15). The van der Waals surface area contributed by atoms with Gasteiger partial charge in [-0.1, -0.05) is 6.92 Å². The molecule has 1 saturated carbocycles. The van der Waals surface area contributed by atoms with E-state index in [1.165, 1.54) is 0 Å². The maximum Gasteiger partial charge on any atom is 0.234 e. The van der Waals surface area contributed by atoms with Crippen LogP contribution in [0.3, 0.4) is 0 Å². The van der Waals surface area contributed by atoms with E-state index < -0.39 is 0 Å². The molecule has 1 fully saturated rings. The largest absolute Gasteiger partial charge is 0.352 e. The highest BCUT2D eigenvalue weighted by Crippen LogP contribution is 2.18. The summed E-state index contributed by atoms with van der Waals surface area (Å²) in [6.45, 7) is 3.32. The number of hydrogen-bond donors (Lipinski definition) is 2. The second-order valence-corrected chi connectivity index (χ2v) is 4.40. The monoisotopic (exact) mass is 213 g/mol. The molecule has 0 saturated heterocycles. The van der Waals surface area contributed by atoms with Crippen LogP contribution in [0.15, 0.2) is 0 Å². The second kappa shape index (κ2) is 6.08. The second-order valence-electron chi connectivity index (χ2n) is 4.40. The predicted octanol–water partition coefficient (Wildman–Crippen LogP) is 0.324. The van der Waals surface area contributed by atoms with Crippen molar-refractivity contribution in [3.63, 3.8) is 0 Å². The molecule has 88 valence electrons. The first-order valence-electron chi connectivity index (χ1n) is 5.87. The summed E-state index contributed by atoms with van der Waals surface area (Å²) in [7, 11) is 2.00. The lowest BCUT2D eigenvalue weighted by atomic mass is 10.1. The van der Waals surface area contributed by atoms with E-state index in [-0.39, 0.29) is 5.91 Å². The minimum atomic E-state index is 0.149. The summed E-state index contributed by atoms with van der Waals surface area (Å²) in [6, 6.07) is 0.889. The molecule has 1 atom stereocenters. The fraction of sp³-hybridized carbons (Fsp3) is 0.909. The summed E-state index contributed by atoms with van der Waals surface area (Å²) in [4.78, 5) is 13.6. The molecule has 0 heterocycles. The van der Waals surface area contributed by atoms with Gasteiger partial charge < -0.3 is 11.1 Å². The normalized spacial score (nSPS) is 17.9. The number of nitrogens with two attached hydrogens (primary N) is 1. The van der Waals surface area contributed by atoms with Gasteiger partial charge in [-0.25, -0.2) is 0 Å². The van der Waals surface area contributed by atoms with Crippen LogP contribution in [-0.4, -0.2) is 43.0 Å². The lowest BCUT2D eigenvalue weighted by Crippen LogP contribution is -2.41. The highest BCUT2D eigenvalue weighted by atomic mass is 16.2. The van der Waals surface area contributed by atoms with Crippen LogP contribution < -0.4 is 11.1 Å². The van der Waals surface area contributed by atoms with Gasteiger partial charge >= 0.3 is 0 Å². The zero-order valence-corrected chi connectivity index (χ0v) is 9.83. The van der Waals surface area contributed by atoms with Crippen LogP contribution in [0, 0.1) is 0 Å². The van der Waals surface area contributed by atoms with Gasteiger partial charge in [-0.15, -0.1) is 0 Å². The van der Waals surface area contributed by atoms with E-state index in [4.69, 9.17) is 5.73 Å². The number of likely N-dealkylation sites (N-methyl/N-ethyl adjacent to an activating group) is 1. The van der Waals surface area contributed by atoms with E-state index in [9.17, 15) is 4.79 Å². The predicted molar refractivity (Wildman–Crippen MR) is 61.5 cm³/mol. The third-order valence-electron chi connectivity index (χ3n) is 2.93. The average Bonchev–Trinajstić information content (AvgIpc) is 2.97. The Morgan fingerprint density at radius 3 is 2.73 bits per heavy atom. The summed E-state index contributed by atoms with van der Waals surface area (Å²) < 4.78 is 0. The van der Waals surface area contributed by atoms with Crippen LogP contribution in [-0.2, 0) is 4.79 Å². The van der Waals surface area contributed by atoms with E-state index >= 15 is 0 Å². The van der Waals surface area contributed by atoms with Gasteiger partial charge in [0.15, 0.2) is 0 Å². The van der Waals surface area contributed by atoms with Crippen LogP contribution in [0.5, 0.6) is 0 Å². The Hall–Kier alpha value is -0.610. The van der Waals surface area contributed by atoms with Gasteiger partial charge in [0.25, 0.3) is 0 Å². The maximum absolute atomic E-state index is 11.5. The number of nitrogens with one attached hydrogen (secondary N) is 1. The van der Waals surface area contributed by atoms with Gasteiger partial charge in [0, 0.05) is 12.1 Å². The molecule has 4 nitrogen and oxygen atoms in total.